The lowest BCUT2D eigenvalue weighted by Gasteiger charge is -2.07. The molecule has 6 heteroatoms. The van der Waals surface area contributed by atoms with Crippen LogP contribution >= 0.6 is 0 Å². The average Bonchev–Trinajstić information content (AvgIpc) is 2.66. The van der Waals surface area contributed by atoms with Crippen LogP contribution in [0.4, 0.5) is 13.2 Å². The molecule has 18 heavy (non-hydrogen) atoms. The van der Waals surface area contributed by atoms with Gasteiger partial charge in [-0.2, -0.15) is 5.10 Å². The van der Waals surface area contributed by atoms with Gasteiger partial charge in [-0.05, 0) is 13.8 Å². The predicted molar refractivity (Wildman–Crippen MR) is 58.2 cm³/mol. The molecule has 0 N–H and O–H groups in total. The molecule has 0 radical (unpaired) electrons. The Bertz CT molecular complexity index is 634. The normalized spacial score (nSPS) is 10.7. The lowest BCUT2D eigenvalue weighted by atomic mass is 10.2. The first-order valence-corrected chi connectivity index (χ1v) is 5.12. The monoisotopic (exact) mass is 254 g/mol. The van der Waals surface area contributed by atoms with Gasteiger partial charge in [0.1, 0.15) is 5.69 Å². The van der Waals surface area contributed by atoms with Gasteiger partial charge < -0.3 is 0 Å². The van der Waals surface area contributed by atoms with E-state index in [1.165, 1.54) is 13.1 Å². The van der Waals surface area contributed by atoms with Crippen LogP contribution in [0.1, 0.15) is 23.0 Å². The van der Waals surface area contributed by atoms with Crippen LogP contribution < -0.4 is 0 Å². The number of ketones is 1. The molecule has 2 rings (SSSR count). The topological polar surface area (TPSA) is 34.9 Å². The van der Waals surface area contributed by atoms with E-state index >= 15 is 0 Å². The van der Waals surface area contributed by atoms with Crippen molar-refractivity contribution < 1.29 is 18.0 Å². The van der Waals surface area contributed by atoms with Gasteiger partial charge in [-0.15, -0.1) is 0 Å². The van der Waals surface area contributed by atoms with E-state index in [1.807, 2.05) is 0 Å². The zero-order valence-electron chi connectivity index (χ0n) is 9.67. The molecule has 0 aliphatic rings. The maximum atomic E-state index is 13.6. The summed E-state index contributed by atoms with van der Waals surface area (Å²) in [6.45, 7) is 2.89. The molecule has 0 aliphatic heterocycles. The van der Waals surface area contributed by atoms with Gasteiger partial charge in [-0.1, -0.05) is 0 Å². The Kier molecular flexibility index (Phi) is 2.94. The summed E-state index contributed by atoms with van der Waals surface area (Å²) in [4.78, 5) is 11.2. The fourth-order valence-corrected chi connectivity index (χ4v) is 1.67. The second kappa shape index (κ2) is 4.29. The molecular weight excluding hydrogens is 245 g/mol. The molecule has 2 aromatic rings. The van der Waals surface area contributed by atoms with Crippen molar-refractivity contribution in [3.8, 4) is 5.69 Å². The lowest BCUT2D eigenvalue weighted by molar-refractivity contribution is 0.101. The standard InChI is InChI=1S/C12H9F3N2O/c1-6-8(7(2)18)5-16-17(6)12-4-10(14)9(13)3-11(12)15/h3-5H,1-2H3. The van der Waals surface area contributed by atoms with Crippen LogP contribution in [-0.4, -0.2) is 15.6 Å². The highest BCUT2D eigenvalue weighted by atomic mass is 19.2. The third-order valence-electron chi connectivity index (χ3n) is 2.61. The third kappa shape index (κ3) is 1.90. The molecule has 0 unspecified atom stereocenters. The number of aromatic nitrogens is 2. The van der Waals surface area contributed by atoms with E-state index in [2.05, 4.69) is 5.10 Å². The Morgan fingerprint density at radius 1 is 1.17 bits per heavy atom. The van der Waals surface area contributed by atoms with E-state index in [0.29, 0.717) is 23.4 Å². The minimum Gasteiger partial charge on any atom is -0.294 e. The van der Waals surface area contributed by atoms with Gasteiger partial charge in [0.25, 0.3) is 0 Å². The molecule has 0 saturated heterocycles. The van der Waals surface area contributed by atoms with E-state index in [-0.39, 0.29) is 11.5 Å². The van der Waals surface area contributed by atoms with Crippen LogP contribution in [0.5, 0.6) is 0 Å². The molecule has 0 atom stereocenters. The molecule has 1 aromatic heterocycles. The predicted octanol–water partition coefficient (Wildman–Crippen LogP) is 2.80. The summed E-state index contributed by atoms with van der Waals surface area (Å²) in [6.07, 6.45) is 1.26. The van der Waals surface area contributed by atoms with Crippen LogP contribution in [0, 0.1) is 24.4 Å². The van der Waals surface area contributed by atoms with Gasteiger partial charge in [0, 0.05) is 12.1 Å². The van der Waals surface area contributed by atoms with E-state index in [4.69, 9.17) is 0 Å². The molecule has 0 aliphatic carbocycles. The van der Waals surface area contributed by atoms with E-state index in [0.717, 1.165) is 4.68 Å². The van der Waals surface area contributed by atoms with Crippen LogP contribution in [0.25, 0.3) is 5.69 Å². The summed E-state index contributed by atoms with van der Waals surface area (Å²) in [6, 6.07) is 1.15. The zero-order chi connectivity index (χ0) is 13.4. The molecule has 94 valence electrons. The quantitative estimate of drug-likeness (QED) is 0.610. The fourth-order valence-electron chi connectivity index (χ4n) is 1.67. The zero-order valence-corrected chi connectivity index (χ0v) is 9.67. The fraction of sp³-hybridized carbons (Fsp3) is 0.167. The smallest absolute Gasteiger partial charge is 0.163 e. The van der Waals surface area contributed by atoms with Crippen LogP contribution in [0.2, 0.25) is 0 Å². The van der Waals surface area contributed by atoms with Crippen molar-refractivity contribution in [3.63, 3.8) is 0 Å². The number of benzene rings is 1. The highest BCUT2D eigenvalue weighted by Crippen LogP contribution is 2.20. The number of hydrogen-bond donors (Lipinski definition) is 0. The summed E-state index contributed by atoms with van der Waals surface area (Å²) in [5.41, 5.74) is 0.436. The summed E-state index contributed by atoms with van der Waals surface area (Å²) in [7, 11) is 0. The summed E-state index contributed by atoms with van der Waals surface area (Å²) in [5, 5.41) is 3.81. The SMILES string of the molecule is CC(=O)c1cnn(-c2cc(F)c(F)cc2F)c1C. The first-order valence-electron chi connectivity index (χ1n) is 5.12. The third-order valence-corrected chi connectivity index (χ3v) is 2.61. The van der Waals surface area contributed by atoms with Crippen molar-refractivity contribution in [3.05, 3.63) is 47.0 Å². The Balaban J connectivity index is 2.63. The second-order valence-corrected chi connectivity index (χ2v) is 3.83. The molecule has 0 saturated carbocycles. The van der Waals surface area contributed by atoms with Gasteiger partial charge in [0.15, 0.2) is 23.2 Å². The molecule has 0 bridgehead atoms. The minimum absolute atomic E-state index is 0.234. The maximum absolute atomic E-state index is 13.6. The number of halogens is 3. The number of nitrogens with zero attached hydrogens (tertiary/aromatic N) is 2. The van der Waals surface area contributed by atoms with E-state index in [9.17, 15) is 18.0 Å². The average molecular weight is 254 g/mol. The number of hydrogen-bond acceptors (Lipinski definition) is 2. The largest absolute Gasteiger partial charge is 0.294 e. The molecule has 1 aromatic carbocycles. The van der Waals surface area contributed by atoms with Gasteiger partial charge in [0.2, 0.25) is 0 Å². The maximum Gasteiger partial charge on any atom is 0.163 e. The minimum atomic E-state index is -1.27. The van der Waals surface area contributed by atoms with Gasteiger partial charge in [-0.25, -0.2) is 17.9 Å². The molecule has 0 amide bonds. The Morgan fingerprint density at radius 3 is 2.33 bits per heavy atom. The van der Waals surface area contributed by atoms with Crippen LogP contribution in [0.3, 0.4) is 0 Å². The van der Waals surface area contributed by atoms with E-state index in [1.54, 1.807) is 6.92 Å². The molecule has 0 spiro atoms. The molecule has 1 heterocycles. The Morgan fingerprint density at radius 2 is 1.78 bits per heavy atom. The number of rotatable bonds is 2. The van der Waals surface area contributed by atoms with Gasteiger partial charge in [-0.3, -0.25) is 4.79 Å². The highest BCUT2D eigenvalue weighted by molar-refractivity contribution is 5.95. The second-order valence-electron chi connectivity index (χ2n) is 3.83. The summed E-state index contributed by atoms with van der Waals surface area (Å²) < 4.78 is 40.5. The number of carbonyl (C=O) groups is 1. The van der Waals surface area contributed by atoms with Crippen molar-refractivity contribution in [2.75, 3.05) is 0 Å². The summed E-state index contributed by atoms with van der Waals surface area (Å²) >= 11 is 0. The van der Waals surface area contributed by atoms with Crippen LogP contribution in [0.15, 0.2) is 18.3 Å². The van der Waals surface area contributed by atoms with Crippen molar-refractivity contribution in [2.45, 2.75) is 13.8 Å². The van der Waals surface area contributed by atoms with Crippen molar-refractivity contribution in [1.82, 2.24) is 9.78 Å². The van der Waals surface area contributed by atoms with Crippen molar-refractivity contribution in [2.24, 2.45) is 0 Å². The number of Topliss-reactive ketones (excluding diaryl/α,β-unsaturated/α-hetero) is 1. The highest BCUT2D eigenvalue weighted by Gasteiger charge is 2.16. The molecule has 0 fully saturated rings. The van der Waals surface area contributed by atoms with E-state index < -0.39 is 17.5 Å². The van der Waals surface area contributed by atoms with Gasteiger partial charge >= 0.3 is 0 Å². The Labute approximate surface area is 101 Å². The van der Waals surface area contributed by atoms with Crippen molar-refractivity contribution >= 4 is 5.78 Å². The lowest BCUT2D eigenvalue weighted by Crippen LogP contribution is -2.05. The Hall–Kier alpha value is -2.11. The van der Waals surface area contributed by atoms with Crippen molar-refractivity contribution in [1.29, 1.82) is 0 Å². The number of carbonyl (C=O) groups excluding carboxylic acids is 1. The molecular formula is C12H9F3N2O. The van der Waals surface area contributed by atoms with Crippen LogP contribution in [-0.2, 0) is 0 Å². The first kappa shape index (κ1) is 12.3. The molecule has 3 nitrogen and oxygen atoms in total. The van der Waals surface area contributed by atoms with Gasteiger partial charge in [0.05, 0.1) is 17.5 Å². The summed E-state index contributed by atoms with van der Waals surface area (Å²) in [5.74, 6) is -3.63. The first-order chi connectivity index (χ1) is 8.41.